The molecule has 108 valence electrons. The van der Waals surface area contributed by atoms with E-state index < -0.39 is 0 Å². The van der Waals surface area contributed by atoms with Crippen LogP contribution < -0.4 is 15.1 Å². The molecule has 1 unspecified atom stereocenters. The van der Waals surface area contributed by atoms with Crippen LogP contribution in [0.15, 0.2) is 48.5 Å². The fourth-order valence-corrected chi connectivity index (χ4v) is 3.60. The van der Waals surface area contributed by atoms with Crippen LogP contribution in [0.25, 0.3) is 0 Å². The van der Waals surface area contributed by atoms with Gasteiger partial charge in [0, 0.05) is 33.2 Å². The molecule has 2 aliphatic heterocycles. The fraction of sp³-hybridized carbons (Fsp3) is 0.333. The van der Waals surface area contributed by atoms with Crippen molar-refractivity contribution in [3.05, 3.63) is 59.7 Å². The summed E-state index contributed by atoms with van der Waals surface area (Å²) in [5.41, 5.74) is 5.61. The Bertz CT molecular complexity index is 652. The molecule has 2 aromatic rings. The van der Waals surface area contributed by atoms with Gasteiger partial charge >= 0.3 is 0 Å². The summed E-state index contributed by atoms with van der Waals surface area (Å²) in [4.78, 5) is 4.92. The Labute approximate surface area is 126 Å². The molecular formula is C18H21N3. The number of para-hydroxylation sites is 2. The Kier molecular flexibility index (Phi) is 3.08. The van der Waals surface area contributed by atoms with E-state index in [9.17, 15) is 0 Å². The molecule has 0 fully saturated rings. The van der Waals surface area contributed by atoms with Gasteiger partial charge in [0.1, 0.15) is 0 Å². The average Bonchev–Trinajstić information content (AvgIpc) is 2.55. The second-order valence-electron chi connectivity index (χ2n) is 5.95. The highest BCUT2D eigenvalue weighted by Crippen LogP contribution is 2.38. The molecule has 0 aliphatic carbocycles. The molecule has 21 heavy (non-hydrogen) atoms. The van der Waals surface area contributed by atoms with Crippen molar-refractivity contribution < 1.29 is 0 Å². The summed E-state index contributed by atoms with van der Waals surface area (Å²) in [5, 5.41) is 3.58. The van der Waals surface area contributed by atoms with E-state index in [1.54, 1.807) is 0 Å². The van der Waals surface area contributed by atoms with Crippen molar-refractivity contribution in [3.8, 4) is 0 Å². The number of likely N-dealkylation sites (N-methyl/N-ethyl adjacent to an activating group) is 1. The van der Waals surface area contributed by atoms with E-state index in [4.69, 9.17) is 0 Å². The zero-order chi connectivity index (χ0) is 14.2. The normalized spacial score (nSPS) is 20.9. The van der Waals surface area contributed by atoms with Crippen molar-refractivity contribution in [1.29, 1.82) is 0 Å². The zero-order valence-corrected chi connectivity index (χ0v) is 12.4. The van der Waals surface area contributed by atoms with Gasteiger partial charge in [-0.15, -0.1) is 0 Å². The minimum absolute atomic E-state index is 0.435. The molecule has 0 saturated carbocycles. The third kappa shape index (κ3) is 2.09. The van der Waals surface area contributed by atoms with Crippen LogP contribution in [-0.2, 0) is 6.54 Å². The van der Waals surface area contributed by atoms with Crippen LogP contribution in [-0.4, -0.2) is 26.7 Å². The number of fused-ring (bicyclic) bond motifs is 2. The molecule has 0 radical (unpaired) electrons. The lowest BCUT2D eigenvalue weighted by Crippen LogP contribution is -2.46. The lowest BCUT2D eigenvalue weighted by atomic mass is 9.94. The lowest BCUT2D eigenvalue weighted by molar-refractivity contribution is 0.509. The van der Waals surface area contributed by atoms with Gasteiger partial charge in [-0.05, 0) is 23.3 Å². The van der Waals surface area contributed by atoms with Crippen LogP contribution in [0, 0.1) is 0 Å². The Morgan fingerprint density at radius 1 is 0.952 bits per heavy atom. The molecule has 3 heteroatoms. The van der Waals surface area contributed by atoms with E-state index >= 15 is 0 Å². The first kappa shape index (κ1) is 12.7. The van der Waals surface area contributed by atoms with Gasteiger partial charge < -0.3 is 15.1 Å². The summed E-state index contributed by atoms with van der Waals surface area (Å²) in [7, 11) is 2.18. The highest BCUT2D eigenvalue weighted by molar-refractivity contribution is 5.74. The van der Waals surface area contributed by atoms with E-state index in [2.05, 4.69) is 70.7 Å². The molecule has 2 aromatic carbocycles. The quantitative estimate of drug-likeness (QED) is 0.866. The fourth-order valence-electron chi connectivity index (χ4n) is 3.60. The highest BCUT2D eigenvalue weighted by atomic mass is 15.3. The standard InChI is InChI=1S/C18H21N3/c1-20-10-11-21(17-9-5-4-8-16(17)20)18-13-19-12-14-6-2-3-7-15(14)18/h2-9,18-19H,10-13H2,1H3. The molecule has 0 aromatic heterocycles. The Balaban J connectivity index is 1.77. The maximum Gasteiger partial charge on any atom is 0.0671 e. The molecule has 3 nitrogen and oxygen atoms in total. The van der Waals surface area contributed by atoms with E-state index in [1.165, 1.54) is 22.5 Å². The van der Waals surface area contributed by atoms with E-state index in [0.717, 1.165) is 26.2 Å². The lowest BCUT2D eigenvalue weighted by Gasteiger charge is -2.43. The summed E-state index contributed by atoms with van der Waals surface area (Å²) in [6.07, 6.45) is 0. The highest BCUT2D eigenvalue weighted by Gasteiger charge is 2.29. The average molecular weight is 279 g/mol. The van der Waals surface area contributed by atoms with Gasteiger partial charge in [-0.2, -0.15) is 0 Å². The molecule has 1 N–H and O–H groups in total. The monoisotopic (exact) mass is 279 g/mol. The maximum atomic E-state index is 3.58. The van der Waals surface area contributed by atoms with E-state index in [-0.39, 0.29) is 0 Å². The van der Waals surface area contributed by atoms with Crippen molar-refractivity contribution in [2.24, 2.45) is 0 Å². The number of hydrogen-bond acceptors (Lipinski definition) is 3. The first-order valence-corrected chi connectivity index (χ1v) is 7.70. The van der Waals surface area contributed by atoms with Gasteiger partial charge in [0.15, 0.2) is 0 Å². The van der Waals surface area contributed by atoms with Crippen LogP contribution in [0.1, 0.15) is 17.2 Å². The Hall–Kier alpha value is -2.00. The van der Waals surface area contributed by atoms with Crippen LogP contribution in [0.5, 0.6) is 0 Å². The molecule has 1 atom stereocenters. The number of hydrogen-bond donors (Lipinski definition) is 1. The van der Waals surface area contributed by atoms with E-state index in [0.29, 0.717) is 6.04 Å². The molecule has 2 heterocycles. The van der Waals surface area contributed by atoms with E-state index in [1.807, 2.05) is 0 Å². The number of nitrogens with one attached hydrogen (secondary N) is 1. The molecular weight excluding hydrogens is 258 g/mol. The first-order valence-electron chi connectivity index (χ1n) is 7.70. The van der Waals surface area contributed by atoms with Gasteiger partial charge in [0.2, 0.25) is 0 Å². The van der Waals surface area contributed by atoms with Gasteiger partial charge in [0.05, 0.1) is 17.4 Å². The van der Waals surface area contributed by atoms with Crippen molar-refractivity contribution in [2.75, 3.05) is 36.5 Å². The van der Waals surface area contributed by atoms with Crippen molar-refractivity contribution >= 4 is 11.4 Å². The summed E-state index contributed by atoms with van der Waals surface area (Å²) >= 11 is 0. The Morgan fingerprint density at radius 3 is 2.62 bits per heavy atom. The van der Waals surface area contributed by atoms with Crippen molar-refractivity contribution in [2.45, 2.75) is 12.6 Å². The Morgan fingerprint density at radius 2 is 1.71 bits per heavy atom. The van der Waals surface area contributed by atoms with Gasteiger partial charge in [-0.1, -0.05) is 36.4 Å². The van der Waals surface area contributed by atoms with Crippen LogP contribution >= 0.6 is 0 Å². The number of benzene rings is 2. The molecule has 2 aliphatic rings. The van der Waals surface area contributed by atoms with Crippen LogP contribution in [0.2, 0.25) is 0 Å². The van der Waals surface area contributed by atoms with Gasteiger partial charge in [-0.3, -0.25) is 0 Å². The second-order valence-corrected chi connectivity index (χ2v) is 5.95. The maximum absolute atomic E-state index is 3.58. The number of anilines is 2. The minimum atomic E-state index is 0.435. The van der Waals surface area contributed by atoms with Crippen LogP contribution in [0.4, 0.5) is 11.4 Å². The smallest absolute Gasteiger partial charge is 0.0671 e. The van der Waals surface area contributed by atoms with Gasteiger partial charge in [0.25, 0.3) is 0 Å². The molecule has 0 saturated heterocycles. The largest absolute Gasteiger partial charge is 0.371 e. The summed E-state index contributed by atoms with van der Waals surface area (Å²) in [6, 6.07) is 18.0. The summed E-state index contributed by atoms with van der Waals surface area (Å²) < 4.78 is 0. The zero-order valence-electron chi connectivity index (χ0n) is 12.4. The van der Waals surface area contributed by atoms with Crippen LogP contribution in [0.3, 0.4) is 0 Å². The number of nitrogens with zero attached hydrogens (tertiary/aromatic N) is 2. The first-order chi connectivity index (χ1) is 10.3. The van der Waals surface area contributed by atoms with Crippen molar-refractivity contribution in [1.82, 2.24) is 5.32 Å². The third-order valence-electron chi connectivity index (χ3n) is 4.72. The molecule has 0 bridgehead atoms. The molecule has 4 rings (SSSR count). The topological polar surface area (TPSA) is 18.5 Å². The molecule has 0 spiro atoms. The summed E-state index contributed by atoms with van der Waals surface area (Å²) in [6.45, 7) is 4.17. The summed E-state index contributed by atoms with van der Waals surface area (Å²) in [5.74, 6) is 0. The van der Waals surface area contributed by atoms with Gasteiger partial charge in [-0.25, -0.2) is 0 Å². The number of rotatable bonds is 1. The second kappa shape index (κ2) is 5.08. The van der Waals surface area contributed by atoms with Crippen molar-refractivity contribution in [3.63, 3.8) is 0 Å². The SMILES string of the molecule is CN1CCN(C2CNCc3ccccc32)c2ccccc21. The third-order valence-corrected chi connectivity index (χ3v) is 4.72. The predicted octanol–water partition coefficient (Wildman–Crippen LogP) is 2.79. The molecule has 0 amide bonds. The minimum Gasteiger partial charge on any atom is -0.371 e. The predicted molar refractivity (Wildman–Crippen MR) is 87.9 cm³/mol.